The molecule has 0 aliphatic carbocycles. The Hall–Kier alpha value is -1.08. The lowest BCUT2D eigenvalue weighted by molar-refractivity contribution is -0.151. The Morgan fingerprint density at radius 1 is 1.02 bits per heavy atom. The summed E-state index contributed by atoms with van der Waals surface area (Å²) in [6, 6.07) is 6.53. The van der Waals surface area contributed by atoms with Crippen LogP contribution in [0.3, 0.4) is 0 Å². The van der Waals surface area contributed by atoms with Crippen LogP contribution in [0.15, 0.2) is 36.0 Å². The number of epoxide rings is 1. The Balaban J connectivity index is 2.17. The molecule has 0 bridgehead atoms. The van der Waals surface area contributed by atoms with Crippen LogP contribution >= 0.6 is 0 Å². The van der Waals surface area contributed by atoms with Crippen molar-refractivity contribution in [2.75, 3.05) is 7.11 Å². The summed E-state index contributed by atoms with van der Waals surface area (Å²) in [5, 5.41) is 11.2. The molecule has 0 spiro atoms. The standard InChI is InChI=1S/C41H76O7Si2/c1-14-35(48-50(18-5,19-6)20-7)33(11)40-36(45-40)28-30(8)22-21-23-31(9)39-32(10)24-25-37(42)41(12,44-13)27-26-34(29-38(43)46-39)47-49(15-2,16-3)17-4/h21-25,30,32-37,39-40,42H,14-20,26-29H2,1-13H3/t30-,32+,33-,34-,35+,36-,37+,39-,40-,41-/m1/s1. The molecule has 10 atom stereocenters. The lowest BCUT2D eigenvalue weighted by Crippen LogP contribution is -2.44. The second kappa shape index (κ2) is 21.0. The Labute approximate surface area is 309 Å². The summed E-state index contributed by atoms with van der Waals surface area (Å²) in [5.41, 5.74) is 0.179. The number of ether oxygens (including phenoxy) is 3. The maximum Gasteiger partial charge on any atom is 0.308 e. The van der Waals surface area contributed by atoms with Gasteiger partial charge in [-0.25, -0.2) is 0 Å². The molecule has 290 valence electrons. The molecular formula is C41H76O7Si2. The van der Waals surface area contributed by atoms with Crippen molar-refractivity contribution in [3.05, 3.63) is 36.0 Å². The van der Waals surface area contributed by atoms with Crippen LogP contribution in [0.4, 0.5) is 0 Å². The van der Waals surface area contributed by atoms with Gasteiger partial charge in [0.25, 0.3) is 0 Å². The monoisotopic (exact) mass is 737 g/mol. The topological polar surface area (TPSA) is 86.8 Å². The largest absolute Gasteiger partial charge is 0.457 e. The van der Waals surface area contributed by atoms with Gasteiger partial charge >= 0.3 is 5.97 Å². The molecule has 0 radical (unpaired) electrons. The molecule has 7 nitrogen and oxygen atoms in total. The number of aliphatic hydroxyl groups is 1. The molecule has 1 fully saturated rings. The summed E-state index contributed by atoms with van der Waals surface area (Å²) in [6.07, 6.45) is 12.8. The number of hydrogen-bond donors (Lipinski definition) is 1. The number of esters is 1. The Morgan fingerprint density at radius 2 is 1.62 bits per heavy atom. The van der Waals surface area contributed by atoms with Crippen LogP contribution in [-0.2, 0) is 27.9 Å². The summed E-state index contributed by atoms with van der Waals surface area (Å²) in [5.74, 6) is 0.347. The molecule has 1 saturated heterocycles. The highest BCUT2D eigenvalue weighted by molar-refractivity contribution is 6.74. The lowest BCUT2D eigenvalue weighted by atomic mass is 9.88. The molecule has 0 aromatic heterocycles. The number of allylic oxidation sites excluding steroid dienone is 3. The highest BCUT2D eigenvalue weighted by Crippen LogP contribution is 2.39. The van der Waals surface area contributed by atoms with Crippen molar-refractivity contribution in [3.63, 3.8) is 0 Å². The first-order valence-corrected chi connectivity index (χ1v) is 25.2. The first kappa shape index (κ1) is 45.1. The van der Waals surface area contributed by atoms with E-state index in [1.54, 1.807) is 13.2 Å². The Kier molecular flexibility index (Phi) is 18.9. The average molecular weight is 737 g/mol. The number of carbonyl (C=O) groups excluding carboxylic acids is 1. The summed E-state index contributed by atoms with van der Waals surface area (Å²) in [6.45, 7) is 26.3. The zero-order chi connectivity index (χ0) is 37.7. The van der Waals surface area contributed by atoms with Gasteiger partial charge in [-0.1, -0.05) is 99.6 Å². The molecule has 0 aromatic rings. The minimum Gasteiger partial charge on any atom is -0.457 e. The number of rotatable bonds is 19. The predicted molar refractivity (Wildman–Crippen MR) is 212 cm³/mol. The molecule has 9 heteroatoms. The molecule has 50 heavy (non-hydrogen) atoms. The fraction of sp³-hybridized carbons (Fsp3) is 0.829. The fourth-order valence-electron chi connectivity index (χ4n) is 7.79. The van der Waals surface area contributed by atoms with Gasteiger partial charge in [-0.05, 0) is 87.3 Å². The van der Waals surface area contributed by atoms with E-state index in [0.29, 0.717) is 24.7 Å². The van der Waals surface area contributed by atoms with E-state index in [2.05, 4.69) is 80.5 Å². The molecule has 2 aliphatic rings. The zero-order valence-corrected chi connectivity index (χ0v) is 36.3. The second-order valence-corrected chi connectivity index (χ2v) is 25.1. The van der Waals surface area contributed by atoms with Crippen molar-refractivity contribution < 1.29 is 33.0 Å². The lowest BCUT2D eigenvalue weighted by Gasteiger charge is -2.37. The summed E-state index contributed by atoms with van der Waals surface area (Å²) in [7, 11) is -2.00. The van der Waals surface area contributed by atoms with Crippen LogP contribution in [0.5, 0.6) is 0 Å². The zero-order valence-electron chi connectivity index (χ0n) is 34.3. The fourth-order valence-corrected chi connectivity index (χ4v) is 13.7. The number of carbonyl (C=O) groups is 1. The third-order valence-corrected chi connectivity index (χ3v) is 21.8. The average Bonchev–Trinajstić information content (AvgIpc) is 3.89. The van der Waals surface area contributed by atoms with Crippen LogP contribution in [0, 0.1) is 17.8 Å². The van der Waals surface area contributed by atoms with Crippen molar-refractivity contribution >= 4 is 22.6 Å². The van der Waals surface area contributed by atoms with Crippen molar-refractivity contribution in [1.82, 2.24) is 0 Å². The van der Waals surface area contributed by atoms with E-state index in [0.717, 1.165) is 36.5 Å². The van der Waals surface area contributed by atoms with Gasteiger partial charge in [0.1, 0.15) is 12.2 Å². The van der Waals surface area contributed by atoms with Crippen molar-refractivity contribution in [2.24, 2.45) is 17.8 Å². The third-order valence-electron chi connectivity index (χ3n) is 12.4. The molecule has 0 saturated carbocycles. The highest BCUT2D eigenvalue weighted by atomic mass is 28.4. The minimum absolute atomic E-state index is 0.142. The first-order valence-electron chi connectivity index (χ1n) is 20.1. The number of aliphatic hydroxyl groups excluding tert-OH is 1. The molecule has 2 rings (SSSR count). The summed E-state index contributed by atoms with van der Waals surface area (Å²) in [4.78, 5) is 13.6. The maximum atomic E-state index is 13.6. The van der Waals surface area contributed by atoms with Crippen LogP contribution in [0.25, 0.3) is 0 Å². The molecule has 0 aromatic carbocycles. The van der Waals surface area contributed by atoms with Gasteiger partial charge in [-0.3, -0.25) is 4.79 Å². The summed E-state index contributed by atoms with van der Waals surface area (Å²) < 4.78 is 32.1. The van der Waals surface area contributed by atoms with Crippen LogP contribution in [0.1, 0.15) is 115 Å². The van der Waals surface area contributed by atoms with E-state index in [4.69, 9.17) is 23.1 Å². The Morgan fingerprint density at radius 3 is 2.16 bits per heavy atom. The van der Waals surface area contributed by atoms with Crippen molar-refractivity contribution in [2.45, 2.75) is 194 Å². The maximum absolute atomic E-state index is 13.6. The van der Waals surface area contributed by atoms with E-state index in [1.165, 1.54) is 18.1 Å². The van der Waals surface area contributed by atoms with E-state index >= 15 is 0 Å². The van der Waals surface area contributed by atoms with Gasteiger partial charge in [-0.15, -0.1) is 0 Å². The minimum atomic E-state index is -1.98. The van der Waals surface area contributed by atoms with Gasteiger partial charge in [-0.2, -0.15) is 0 Å². The van der Waals surface area contributed by atoms with Gasteiger partial charge < -0.3 is 28.2 Å². The highest BCUT2D eigenvalue weighted by Gasteiger charge is 2.47. The van der Waals surface area contributed by atoms with Gasteiger partial charge in [0.15, 0.2) is 16.6 Å². The van der Waals surface area contributed by atoms with Crippen LogP contribution in [0.2, 0.25) is 36.3 Å². The second-order valence-electron chi connectivity index (χ2n) is 15.7. The molecule has 2 heterocycles. The number of cyclic esters (lactones) is 1. The van der Waals surface area contributed by atoms with Crippen molar-refractivity contribution in [1.29, 1.82) is 0 Å². The number of hydrogen-bond acceptors (Lipinski definition) is 7. The van der Waals surface area contributed by atoms with E-state index in [1.807, 2.05) is 26.8 Å². The van der Waals surface area contributed by atoms with Gasteiger partial charge in [0, 0.05) is 25.0 Å². The van der Waals surface area contributed by atoms with Crippen LogP contribution in [-0.4, -0.2) is 77.0 Å². The molecule has 0 unspecified atom stereocenters. The molecular weight excluding hydrogens is 661 g/mol. The molecule has 1 N–H and O–H groups in total. The first-order chi connectivity index (χ1) is 23.6. The van der Waals surface area contributed by atoms with E-state index in [9.17, 15) is 9.90 Å². The van der Waals surface area contributed by atoms with E-state index < -0.39 is 34.4 Å². The van der Waals surface area contributed by atoms with Crippen molar-refractivity contribution in [3.8, 4) is 0 Å². The number of methoxy groups -OCH3 is 1. The third kappa shape index (κ3) is 12.5. The molecule has 0 amide bonds. The smallest absolute Gasteiger partial charge is 0.308 e. The van der Waals surface area contributed by atoms with E-state index in [-0.39, 0.29) is 42.7 Å². The van der Waals surface area contributed by atoms with Gasteiger partial charge in [0.2, 0.25) is 0 Å². The van der Waals surface area contributed by atoms with Gasteiger partial charge in [0.05, 0.1) is 30.3 Å². The predicted octanol–water partition coefficient (Wildman–Crippen LogP) is 10.2. The quantitative estimate of drug-likeness (QED) is 0.0464. The summed E-state index contributed by atoms with van der Waals surface area (Å²) >= 11 is 0. The van der Waals surface area contributed by atoms with Crippen LogP contribution < -0.4 is 0 Å². The normalized spacial score (nSPS) is 30.8. The SMILES string of the molecule is CC[C@H](O[Si](CC)(CC)CC)[C@@H](C)[C@H]1O[C@@H]1C[C@H](C)C=CC=C(C)[C@H]1OC(=O)C[C@H](O[Si](CC)(CC)CC)CC[C@@](C)(OC)[C@@H](O)C=C[C@@H]1C. The Bertz CT molecular complexity index is 1080. The molecule has 2 aliphatic heterocycles.